The van der Waals surface area contributed by atoms with Crippen molar-refractivity contribution in [3.63, 3.8) is 0 Å². The molecule has 0 fully saturated rings. The molecule has 0 saturated carbocycles. The summed E-state index contributed by atoms with van der Waals surface area (Å²) >= 11 is 1.57. The van der Waals surface area contributed by atoms with Crippen LogP contribution in [0.1, 0.15) is 16.0 Å². The van der Waals surface area contributed by atoms with Gasteiger partial charge in [-0.1, -0.05) is 11.8 Å². The largest absolute Gasteiger partial charge is 0.497 e. The van der Waals surface area contributed by atoms with E-state index in [-0.39, 0.29) is 0 Å². The van der Waals surface area contributed by atoms with Crippen molar-refractivity contribution < 1.29 is 9.47 Å². The SMILES string of the molecule is COc1cc(C#N)cc(OCc2sccc2C#CCN)c1. The van der Waals surface area contributed by atoms with E-state index in [1.807, 2.05) is 11.4 Å². The number of benzene rings is 1. The van der Waals surface area contributed by atoms with Crippen molar-refractivity contribution >= 4 is 11.3 Å². The van der Waals surface area contributed by atoms with Crippen LogP contribution in [0.25, 0.3) is 0 Å². The molecular weight excluding hydrogens is 284 g/mol. The van der Waals surface area contributed by atoms with Gasteiger partial charge in [-0.05, 0) is 23.6 Å². The van der Waals surface area contributed by atoms with E-state index in [2.05, 4.69) is 17.9 Å². The second kappa shape index (κ2) is 7.35. The van der Waals surface area contributed by atoms with Gasteiger partial charge in [-0.15, -0.1) is 11.3 Å². The number of methoxy groups -OCH3 is 1. The standard InChI is InChI=1S/C16H14N2O2S/c1-19-14-7-12(10-18)8-15(9-14)20-11-16-13(3-2-5-17)4-6-21-16/h4,6-9H,5,11,17H2,1H3. The molecule has 2 rings (SSSR count). The molecule has 2 aromatic rings. The Bertz CT molecular complexity index is 720. The normalized spacial score (nSPS) is 9.38. The molecule has 0 unspecified atom stereocenters. The van der Waals surface area contributed by atoms with E-state index in [9.17, 15) is 0 Å². The lowest BCUT2D eigenvalue weighted by Gasteiger charge is -2.08. The maximum atomic E-state index is 8.99. The molecule has 0 spiro atoms. The van der Waals surface area contributed by atoms with Gasteiger partial charge in [-0.3, -0.25) is 0 Å². The van der Waals surface area contributed by atoms with E-state index in [1.165, 1.54) is 0 Å². The van der Waals surface area contributed by atoms with E-state index in [0.29, 0.717) is 30.2 Å². The summed E-state index contributed by atoms with van der Waals surface area (Å²) in [5, 5.41) is 11.0. The smallest absolute Gasteiger partial charge is 0.124 e. The van der Waals surface area contributed by atoms with Crippen LogP contribution in [0, 0.1) is 23.2 Å². The number of nitrogens with two attached hydrogens (primary N) is 1. The molecule has 0 saturated heterocycles. The van der Waals surface area contributed by atoms with Crippen molar-refractivity contribution in [2.45, 2.75) is 6.61 Å². The average molecular weight is 298 g/mol. The molecule has 1 aromatic heterocycles. The van der Waals surface area contributed by atoms with Crippen LogP contribution in [0.5, 0.6) is 11.5 Å². The molecular formula is C16H14N2O2S. The third-order valence-corrected chi connectivity index (χ3v) is 3.58. The van der Waals surface area contributed by atoms with Crippen LogP contribution >= 0.6 is 11.3 Å². The Kier molecular flexibility index (Phi) is 5.22. The molecule has 0 atom stereocenters. The predicted molar refractivity (Wildman–Crippen MR) is 82.3 cm³/mol. The number of nitriles is 1. The van der Waals surface area contributed by atoms with Crippen molar-refractivity contribution in [3.05, 3.63) is 45.6 Å². The second-order valence-electron chi connectivity index (χ2n) is 4.06. The summed E-state index contributed by atoms with van der Waals surface area (Å²) in [6.07, 6.45) is 0. The zero-order chi connectivity index (χ0) is 15.1. The van der Waals surface area contributed by atoms with E-state index in [1.54, 1.807) is 36.6 Å². The highest BCUT2D eigenvalue weighted by Crippen LogP contribution is 2.24. The fourth-order valence-corrected chi connectivity index (χ4v) is 2.44. The van der Waals surface area contributed by atoms with E-state index in [0.717, 1.165) is 10.4 Å². The Morgan fingerprint density at radius 3 is 2.81 bits per heavy atom. The lowest BCUT2D eigenvalue weighted by Crippen LogP contribution is -1.97. The van der Waals surface area contributed by atoms with Crippen LogP contribution in [-0.4, -0.2) is 13.7 Å². The van der Waals surface area contributed by atoms with Gasteiger partial charge in [-0.25, -0.2) is 0 Å². The highest BCUT2D eigenvalue weighted by Gasteiger charge is 2.06. The summed E-state index contributed by atoms with van der Waals surface area (Å²) in [6.45, 7) is 0.724. The van der Waals surface area contributed by atoms with E-state index < -0.39 is 0 Å². The molecule has 21 heavy (non-hydrogen) atoms. The van der Waals surface area contributed by atoms with Crippen molar-refractivity contribution in [1.82, 2.24) is 0 Å². The van der Waals surface area contributed by atoms with Gasteiger partial charge in [0.2, 0.25) is 0 Å². The number of hydrogen-bond donors (Lipinski definition) is 1. The highest BCUT2D eigenvalue weighted by atomic mass is 32.1. The maximum absolute atomic E-state index is 8.99. The van der Waals surface area contributed by atoms with Gasteiger partial charge in [0, 0.05) is 11.6 Å². The molecule has 106 valence electrons. The van der Waals surface area contributed by atoms with Crippen LogP contribution in [-0.2, 0) is 6.61 Å². The lowest BCUT2D eigenvalue weighted by molar-refractivity contribution is 0.307. The summed E-state index contributed by atoms with van der Waals surface area (Å²) < 4.78 is 10.9. The fourth-order valence-electron chi connectivity index (χ4n) is 1.70. The fraction of sp³-hybridized carbons (Fsp3) is 0.188. The molecule has 0 bridgehead atoms. The quantitative estimate of drug-likeness (QED) is 0.881. The molecule has 0 amide bonds. The first-order valence-corrected chi connectivity index (χ1v) is 7.12. The van der Waals surface area contributed by atoms with Gasteiger partial charge in [0.1, 0.15) is 18.1 Å². The van der Waals surface area contributed by atoms with Gasteiger partial charge in [0.25, 0.3) is 0 Å². The van der Waals surface area contributed by atoms with Crippen LogP contribution in [0.3, 0.4) is 0 Å². The first kappa shape index (κ1) is 14.9. The molecule has 0 aliphatic carbocycles. The topological polar surface area (TPSA) is 68.3 Å². The Morgan fingerprint density at radius 2 is 2.10 bits per heavy atom. The highest BCUT2D eigenvalue weighted by molar-refractivity contribution is 7.10. The minimum Gasteiger partial charge on any atom is -0.497 e. The Labute approximate surface area is 127 Å². The summed E-state index contributed by atoms with van der Waals surface area (Å²) in [5.41, 5.74) is 6.80. The average Bonchev–Trinajstić information content (AvgIpc) is 2.97. The third-order valence-electron chi connectivity index (χ3n) is 2.69. The molecule has 1 heterocycles. The second-order valence-corrected chi connectivity index (χ2v) is 5.06. The zero-order valence-electron chi connectivity index (χ0n) is 11.6. The Hall–Kier alpha value is -2.47. The zero-order valence-corrected chi connectivity index (χ0v) is 12.4. The first-order chi connectivity index (χ1) is 10.3. The molecule has 4 nitrogen and oxygen atoms in total. The number of ether oxygens (including phenoxy) is 2. The minimum atomic E-state index is 0.331. The molecule has 2 N–H and O–H groups in total. The first-order valence-electron chi connectivity index (χ1n) is 6.24. The summed E-state index contributed by atoms with van der Waals surface area (Å²) in [4.78, 5) is 1.03. The molecule has 5 heteroatoms. The van der Waals surface area contributed by atoms with Crippen molar-refractivity contribution in [3.8, 4) is 29.4 Å². The van der Waals surface area contributed by atoms with Crippen LogP contribution in [0.4, 0.5) is 0 Å². The molecule has 0 aliphatic heterocycles. The Balaban J connectivity index is 2.13. The number of nitrogens with zero attached hydrogens (tertiary/aromatic N) is 1. The Morgan fingerprint density at radius 1 is 1.29 bits per heavy atom. The lowest BCUT2D eigenvalue weighted by atomic mass is 10.2. The summed E-state index contributed by atoms with van der Waals surface area (Å²) in [6, 6.07) is 9.12. The summed E-state index contributed by atoms with van der Waals surface area (Å²) in [7, 11) is 1.56. The minimum absolute atomic E-state index is 0.331. The molecule has 0 aliphatic rings. The number of rotatable bonds is 4. The van der Waals surface area contributed by atoms with Crippen LogP contribution in [0.15, 0.2) is 29.6 Å². The summed E-state index contributed by atoms with van der Waals surface area (Å²) in [5.74, 6) is 7.03. The van der Waals surface area contributed by atoms with Gasteiger partial charge >= 0.3 is 0 Å². The van der Waals surface area contributed by atoms with Crippen molar-refractivity contribution in [1.29, 1.82) is 5.26 Å². The molecule has 0 radical (unpaired) electrons. The monoisotopic (exact) mass is 298 g/mol. The van der Waals surface area contributed by atoms with E-state index in [4.69, 9.17) is 20.5 Å². The predicted octanol–water partition coefficient (Wildman–Crippen LogP) is 2.52. The van der Waals surface area contributed by atoms with Gasteiger partial charge in [0.05, 0.1) is 30.2 Å². The van der Waals surface area contributed by atoms with Crippen molar-refractivity contribution in [2.24, 2.45) is 5.73 Å². The maximum Gasteiger partial charge on any atom is 0.124 e. The molecule has 1 aromatic carbocycles. The van der Waals surface area contributed by atoms with Crippen LogP contribution < -0.4 is 15.2 Å². The third kappa shape index (κ3) is 4.00. The van der Waals surface area contributed by atoms with Crippen LogP contribution in [0.2, 0.25) is 0 Å². The van der Waals surface area contributed by atoms with Gasteiger partial charge in [-0.2, -0.15) is 5.26 Å². The van der Waals surface area contributed by atoms with Crippen molar-refractivity contribution in [2.75, 3.05) is 13.7 Å². The number of hydrogen-bond acceptors (Lipinski definition) is 5. The van der Waals surface area contributed by atoms with E-state index >= 15 is 0 Å². The van der Waals surface area contributed by atoms with Gasteiger partial charge in [0.15, 0.2) is 0 Å². The number of thiophene rings is 1. The van der Waals surface area contributed by atoms with Gasteiger partial charge < -0.3 is 15.2 Å².